The third kappa shape index (κ3) is 31.0. The van der Waals surface area contributed by atoms with E-state index in [-0.39, 0.29) is 19.4 Å². The van der Waals surface area contributed by atoms with Gasteiger partial charge in [-0.3, -0.25) is 23.4 Å². The largest absolute Gasteiger partial charge is 0.480 e. The molecule has 0 rings (SSSR count). The second-order valence-electron chi connectivity index (χ2n) is 12.0. The van der Waals surface area contributed by atoms with Gasteiger partial charge in [0, 0.05) is 12.8 Å². The van der Waals surface area contributed by atoms with Gasteiger partial charge in [-0.1, -0.05) is 121 Å². The third-order valence-electron chi connectivity index (χ3n) is 7.40. The molecular formula is C36H64NO10P. The SMILES string of the molecule is CC/C=C\C/C=C\C/C=C\CCCCCC(=O)OC(COC(=O)CCCCCCCCCCCCC)COP(=O)(O)OCC(N)C(=O)O. The molecule has 0 bridgehead atoms. The minimum absolute atomic E-state index is 0.127. The molecule has 3 unspecified atom stereocenters. The summed E-state index contributed by atoms with van der Waals surface area (Å²) in [7, 11) is -4.71. The van der Waals surface area contributed by atoms with E-state index in [9.17, 15) is 23.8 Å². The molecule has 0 aromatic carbocycles. The second kappa shape index (κ2) is 31.9. The number of carboxylic acid groups (broad SMARTS) is 1. The summed E-state index contributed by atoms with van der Waals surface area (Å²) in [6, 6.07) is -1.52. The average molecular weight is 702 g/mol. The van der Waals surface area contributed by atoms with Crippen LogP contribution in [-0.4, -0.2) is 59.9 Å². The summed E-state index contributed by atoms with van der Waals surface area (Å²) < 4.78 is 32.4. The number of ether oxygens (including phenoxy) is 2. The lowest BCUT2D eigenvalue weighted by molar-refractivity contribution is -0.161. The Morgan fingerprint density at radius 1 is 0.667 bits per heavy atom. The Labute approximate surface area is 289 Å². The molecule has 0 saturated carbocycles. The first kappa shape index (κ1) is 45.7. The lowest BCUT2D eigenvalue weighted by atomic mass is 10.1. The number of rotatable bonds is 33. The predicted molar refractivity (Wildman–Crippen MR) is 189 cm³/mol. The van der Waals surface area contributed by atoms with Gasteiger partial charge in [0.05, 0.1) is 13.2 Å². The molecule has 3 atom stereocenters. The number of allylic oxidation sites excluding steroid dienone is 6. The van der Waals surface area contributed by atoms with Crippen molar-refractivity contribution in [2.75, 3.05) is 19.8 Å². The lowest BCUT2D eigenvalue weighted by Gasteiger charge is -2.20. The maximum atomic E-state index is 12.5. The van der Waals surface area contributed by atoms with Gasteiger partial charge >= 0.3 is 25.7 Å². The topological polar surface area (TPSA) is 172 Å². The van der Waals surface area contributed by atoms with Crippen molar-refractivity contribution in [1.29, 1.82) is 0 Å². The molecule has 0 saturated heterocycles. The zero-order chi connectivity index (χ0) is 35.7. The Balaban J connectivity index is 4.53. The van der Waals surface area contributed by atoms with Crippen molar-refractivity contribution in [3.05, 3.63) is 36.5 Å². The molecule has 12 heteroatoms. The van der Waals surface area contributed by atoms with E-state index in [1.165, 1.54) is 44.9 Å². The fourth-order valence-electron chi connectivity index (χ4n) is 4.55. The highest BCUT2D eigenvalue weighted by atomic mass is 31.2. The number of carbonyl (C=O) groups is 3. The van der Waals surface area contributed by atoms with Gasteiger partial charge in [-0.05, 0) is 44.9 Å². The summed E-state index contributed by atoms with van der Waals surface area (Å²) in [4.78, 5) is 45.6. The summed E-state index contributed by atoms with van der Waals surface area (Å²) in [5, 5.41) is 8.84. The first-order chi connectivity index (χ1) is 23.1. The number of esters is 2. The van der Waals surface area contributed by atoms with Gasteiger partial charge < -0.3 is 25.2 Å². The Morgan fingerprint density at radius 2 is 1.17 bits per heavy atom. The van der Waals surface area contributed by atoms with E-state index < -0.39 is 51.1 Å². The van der Waals surface area contributed by atoms with Crippen molar-refractivity contribution in [3.63, 3.8) is 0 Å². The molecule has 0 fully saturated rings. The van der Waals surface area contributed by atoms with Crippen LogP contribution in [0.3, 0.4) is 0 Å². The first-order valence-corrected chi connectivity index (χ1v) is 19.5. The van der Waals surface area contributed by atoms with Gasteiger partial charge in [0.25, 0.3) is 0 Å². The third-order valence-corrected chi connectivity index (χ3v) is 8.35. The molecule has 4 N–H and O–H groups in total. The molecule has 0 amide bonds. The maximum Gasteiger partial charge on any atom is 0.472 e. The fourth-order valence-corrected chi connectivity index (χ4v) is 5.33. The van der Waals surface area contributed by atoms with Crippen molar-refractivity contribution < 1.29 is 47.5 Å². The molecule has 0 aliphatic rings. The predicted octanol–water partition coefficient (Wildman–Crippen LogP) is 8.50. The van der Waals surface area contributed by atoms with Gasteiger partial charge in [-0.25, -0.2) is 4.57 Å². The van der Waals surface area contributed by atoms with Crippen LogP contribution in [0.2, 0.25) is 0 Å². The van der Waals surface area contributed by atoms with E-state index >= 15 is 0 Å². The van der Waals surface area contributed by atoms with Crippen molar-refractivity contribution in [1.82, 2.24) is 0 Å². The molecule has 11 nitrogen and oxygen atoms in total. The summed E-state index contributed by atoms with van der Waals surface area (Å²) in [5.41, 5.74) is 5.30. The highest BCUT2D eigenvalue weighted by molar-refractivity contribution is 7.47. The van der Waals surface area contributed by atoms with Crippen molar-refractivity contribution >= 4 is 25.7 Å². The Bertz CT molecular complexity index is 968. The van der Waals surface area contributed by atoms with Crippen molar-refractivity contribution in [2.24, 2.45) is 5.73 Å². The van der Waals surface area contributed by atoms with Crippen LogP contribution >= 0.6 is 7.82 Å². The number of hydrogen-bond acceptors (Lipinski definition) is 9. The highest BCUT2D eigenvalue weighted by Crippen LogP contribution is 2.43. The smallest absolute Gasteiger partial charge is 0.472 e. The highest BCUT2D eigenvalue weighted by Gasteiger charge is 2.28. The van der Waals surface area contributed by atoms with Crippen molar-refractivity contribution in [3.8, 4) is 0 Å². The van der Waals surface area contributed by atoms with Crippen LogP contribution in [0, 0.1) is 0 Å². The van der Waals surface area contributed by atoms with E-state index in [2.05, 4.69) is 54.8 Å². The maximum absolute atomic E-state index is 12.5. The standard InChI is InChI=1S/C36H64NO10P/c1-3-5-7-9-11-13-15-16-18-20-22-24-26-28-35(39)47-32(30-45-48(42,43)46-31-33(37)36(40)41)29-44-34(38)27-25-23-21-19-17-14-12-10-8-6-4-2/h5,7,11,13,16,18,32-33H,3-4,6,8-10,12,14-15,17,19-31,37H2,1-2H3,(H,40,41)(H,42,43)/b7-5-,13-11-,18-16-. The quantitative estimate of drug-likeness (QED) is 0.0259. The van der Waals surface area contributed by atoms with E-state index in [1.54, 1.807) is 0 Å². The van der Waals surface area contributed by atoms with Gasteiger partial charge in [0.1, 0.15) is 12.6 Å². The van der Waals surface area contributed by atoms with E-state index in [0.717, 1.165) is 57.8 Å². The number of hydrogen-bond donors (Lipinski definition) is 3. The van der Waals surface area contributed by atoms with E-state index in [1.807, 2.05) is 0 Å². The molecule has 0 spiro atoms. The van der Waals surface area contributed by atoms with Crippen molar-refractivity contribution in [2.45, 2.75) is 154 Å². The van der Waals surface area contributed by atoms with Gasteiger partial charge in [0.15, 0.2) is 6.10 Å². The normalized spacial score (nSPS) is 14.4. The summed E-state index contributed by atoms with van der Waals surface area (Å²) in [6.07, 6.45) is 30.8. The number of carbonyl (C=O) groups excluding carboxylic acids is 2. The monoisotopic (exact) mass is 701 g/mol. The second-order valence-corrected chi connectivity index (χ2v) is 13.4. The molecule has 0 radical (unpaired) electrons. The van der Waals surface area contributed by atoms with Crippen LogP contribution in [0.4, 0.5) is 0 Å². The zero-order valence-electron chi connectivity index (χ0n) is 29.6. The lowest BCUT2D eigenvalue weighted by Crippen LogP contribution is -2.34. The number of phosphoric acid groups is 1. The number of phosphoric ester groups is 1. The van der Waals surface area contributed by atoms with Crippen LogP contribution in [0.25, 0.3) is 0 Å². The summed E-state index contributed by atoms with van der Waals surface area (Å²) >= 11 is 0. The van der Waals surface area contributed by atoms with Crippen LogP contribution in [0.1, 0.15) is 142 Å². The van der Waals surface area contributed by atoms with E-state index in [4.69, 9.17) is 24.8 Å². The number of nitrogens with two attached hydrogens (primary N) is 1. The summed E-state index contributed by atoms with van der Waals surface area (Å²) in [6.45, 7) is 2.61. The van der Waals surface area contributed by atoms with Crippen LogP contribution < -0.4 is 5.73 Å². The van der Waals surface area contributed by atoms with Gasteiger partial charge in [-0.2, -0.15) is 0 Å². The molecular weight excluding hydrogens is 637 g/mol. The molecule has 278 valence electrons. The molecule has 0 heterocycles. The molecule has 0 aliphatic heterocycles. The summed E-state index contributed by atoms with van der Waals surface area (Å²) in [5.74, 6) is -2.42. The average Bonchev–Trinajstić information content (AvgIpc) is 3.05. The van der Waals surface area contributed by atoms with E-state index in [0.29, 0.717) is 12.8 Å². The molecule has 0 aliphatic carbocycles. The van der Waals surface area contributed by atoms with Crippen LogP contribution in [0.15, 0.2) is 36.5 Å². The van der Waals surface area contributed by atoms with Crippen LogP contribution in [0.5, 0.6) is 0 Å². The fraction of sp³-hybridized carbons (Fsp3) is 0.750. The Hall–Kier alpha value is -2.30. The van der Waals surface area contributed by atoms with Gasteiger partial charge in [-0.15, -0.1) is 0 Å². The number of carboxylic acids is 1. The molecule has 0 aromatic heterocycles. The minimum atomic E-state index is -4.71. The minimum Gasteiger partial charge on any atom is -0.480 e. The zero-order valence-corrected chi connectivity index (χ0v) is 30.5. The number of aliphatic carboxylic acids is 1. The van der Waals surface area contributed by atoms with Gasteiger partial charge in [0.2, 0.25) is 0 Å². The Kier molecular flexibility index (Phi) is 30.4. The van der Waals surface area contributed by atoms with Crippen LogP contribution in [-0.2, 0) is 37.5 Å². The Morgan fingerprint density at radius 3 is 1.75 bits per heavy atom. The number of unbranched alkanes of at least 4 members (excludes halogenated alkanes) is 13. The molecule has 0 aromatic rings. The first-order valence-electron chi connectivity index (χ1n) is 18.0. The molecule has 48 heavy (non-hydrogen) atoms.